The summed E-state index contributed by atoms with van der Waals surface area (Å²) in [5.74, 6) is 1.04. The molecule has 28 heavy (non-hydrogen) atoms. The van der Waals surface area contributed by atoms with Crippen LogP contribution < -0.4 is 25.4 Å². The lowest BCUT2D eigenvalue weighted by Crippen LogP contribution is -2.45. The number of hydrogen-bond acceptors (Lipinski definition) is 6. The SMILES string of the molecule is CCOc1ccc(NC2=N[C@H](C(=O)Nc3ccc(OC)cc3)CC(=O)N2)cc1. The zero-order chi connectivity index (χ0) is 19.9. The Morgan fingerprint density at radius 3 is 2.39 bits per heavy atom. The molecule has 0 bridgehead atoms. The predicted octanol–water partition coefficient (Wildman–Crippen LogP) is 2.39. The first-order valence-electron chi connectivity index (χ1n) is 8.90. The number of methoxy groups -OCH3 is 1. The maximum atomic E-state index is 12.5. The molecular weight excluding hydrogens is 360 g/mol. The lowest BCUT2D eigenvalue weighted by Gasteiger charge is -2.21. The number of guanidine groups is 1. The van der Waals surface area contributed by atoms with Crippen molar-refractivity contribution in [3.63, 3.8) is 0 Å². The third-order valence-corrected chi connectivity index (χ3v) is 4.01. The van der Waals surface area contributed by atoms with Gasteiger partial charge in [-0.3, -0.25) is 14.9 Å². The number of hydrogen-bond donors (Lipinski definition) is 3. The lowest BCUT2D eigenvalue weighted by molar-refractivity contribution is -0.124. The fourth-order valence-electron chi connectivity index (χ4n) is 2.65. The van der Waals surface area contributed by atoms with Crippen LogP contribution in [0.5, 0.6) is 11.5 Å². The van der Waals surface area contributed by atoms with E-state index in [1.807, 2.05) is 19.1 Å². The van der Waals surface area contributed by atoms with E-state index in [-0.39, 0.29) is 24.2 Å². The Labute approximate surface area is 162 Å². The monoisotopic (exact) mass is 382 g/mol. The molecule has 1 aliphatic rings. The third-order valence-electron chi connectivity index (χ3n) is 4.01. The van der Waals surface area contributed by atoms with E-state index in [1.165, 1.54) is 0 Å². The quantitative estimate of drug-likeness (QED) is 0.712. The van der Waals surface area contributed by atoms with Crippen LogP contribution in [0.1, 0.15) is 13.3 Å². The molecule has 0 unspecified atom stereocenters. The number of carbonyl (C=O) groups is 2. The van der Waals surface area contributed by atoms with E-state index in [0.29, 0.717) is 18.0 Å². The molecule has 8 heteroatoms. The minimum Gasteiger partial charge on any atom is -0.497 e. The molecule has 0 aromatic heterocycles. The molecular formula is C20H22N4O4. The Morgan fingerprint density at radius 1 is 1.11 bits per heavy atom. The third kappa shape index (κ3) is 5.00. The van der Waals surface area contributed by atoms with Crippen molar-refractivity contribution >= 4 is 29.1 Å². The summed E-state index contributed by atoms with van der Waals surface area (Å²) >= 11 is 0. The number of rotatable bonds is 6. The predicted molar refractivity (Wildman–Crippen MR) is 107 cm³/mol. The second-order valence-electron chi connectivity index (χ2n) is 6.05. The van der Waals surface area contributed by atoms with Crippen molar-refractivity contribution in [2.75, 3.05) is 24.4 Å². The summed E-state index contributed by atoms with van der Waals surface area (Å²) < 4.78 is 10.5. The van der Waals surface area contributed by atoms with Gasteiger partial charge >= 0.3 is 0 Å². The van der Waals surface area contributed by atoms with Crippen LogP contribution in [0.15, 0.2) is 53.5 Å². The molecule has 2 aromatic carbocycles. The van der Waals surface area contributed by atoms with Crippen molar-refractivity contribution in [3.05, 3.63) is 48.5 Å². The molecule has 8 nitrogen and oxygen atoms in total. The average Bonchev–Trinajstić information content (AvgIpc) is 2.70. The highest BCUT2D eigenvalue weighted by atomic mass is 16.5. The van der Waals surface area contributed by atoms with Crippen LogP contribution in [0, 0.1) is 0 Å². The van der Waals surface area contributed by atoms with E-state index in [1.54, 1.807) is 43.5 Å². The number of nitrogens with zero attached hydrogens (tertiary/aromatic N) is 1. The minimum atomic E-state index is -0.818. The summed E-state index contributed by atoms with van der Waals surface area (Å²) in [7, 11) is 1.57. The Hall–Kier alpha value is -3.55. The van der Waals surface area contributed by atoms with Gasteiger partial charge in [-0.05, 0) is 55.5 Å². The van der Waals surface area contributed by atoms with Crippen LogP contribution in [-0.4, -0.2) is 37.5 Å². The van der Waals surface area contributed by atoms with Gasteiger partial charge in [-0.25, -0.2) is 4.99 Å². The first-order chi connectivity index (χ1) is 13.6. The van der Waals surface area contributed by atoms with Crippen molar-refractivity contribution in [2.24, 2.45) is 4.99 Å². The summed E-state index contributed by atoms with van der Waals surface area (Å²) in [4.78, 5) is 28.8. The second-order valence-corrected chi connectivity index (χ2v) is 6.05. The molecule has 1 atom stereocenters. The number of amides is 2. The molecule has 0 aliphatic carbocycles. The van der Waals surface area contributed by atoms with Gasteiger partial charge in [0.2, 0.25) is 17.8 Å². The van der Waals surface area contributed by atoms with Crippen molar-refractivity contribution in [3.8, 4) is 11.5 Å². The number of benzene rings is 2. The molecule has 1 aliphatic heterocycles. The van der Waals surface area contributed by atoms with Crippen molar-refractivity contribution in [1.29, 1.82) is 0 Å². The number of ether oxygens (including phenoxy) is 2. The van der Waals surface area contributed by atoms with E-state index in [2.05, 4.69) is 20.9 Å². The fourth-order valence-corrected chi connectivity index (χ4v) is 2.65. The highest BCUT2D eigenvalue weighted by molar-refractivity contribution is 6.10. The Bertz CT molecular complexity index is 863. The average molecular weight is 382 g/mol. The smallest absolute Gasteiger partial charge is 0.249 e. The Balaban J connectivity index is 1.66. The van der Waals surface area contributed by atoms with Gasteiger partial charge < -0.3 is 20.1 Å². The van der Waals surface area contributed by atoms with Crippen molar-refractivity contribution in [1.82, 2.24) is 5.32 Å². The van der Waals surface area contributed by atoms with Gasteiger partial charge in [0, 0.05) is 11.4 Å². The van der Waals surface area contributed by atoms with Crippen LogP contribution in [0.4, 0.5) is 11.4 Å². The highest BCUT2D eigenvalue weighted by Crippen LogP contribution is 2.18. The summed E-state index contributed by atoms with van der Waals surface area (Å²) in [6, 6.07) is 13.3. The van der Waals surface area contributed by atoms with E-state index < -0.39 is 6.04 Å². The summed E-state index contributed by atoms with van der Waals surface area (Å²) in [5.41, 5.74) is 1.33. The second kappa shape index (κ2) is 8.90. The maximum absolute atomic E-state index is 12.5. The first-order valence-corrected chi connectivity index (χ1v) is 8.90. The molecule has 146 valence electrons. The van der Waals surface area contributed by atoms with E-state index in [0.717, 1.165) is 11.4 Å². The van der Waals surface area contributed by atoms with E-state index in [9.17, 15) is 9.59 Å². The number of aliphatic imine (C=N–C) groups is 1. The van der Waals surface area contributed by atoms with Gasteiger partial charge in [-0.2, -0.15) is 0 Å². The number of nitrogens with one attached hydrogen (secondary N) is 3. The Morgan fingerprint density at radius 2 is 1.75 bits per heavy atom. The van der Waals surface area contributed by atoms with Gasteiger partial charge in [-0.1, -0.05) is 0 Å². The molecule has 2 amide bonds. The zero-order valence-electron chi connectivity index (χ0n) is 15.7. The topological polar surface area (TPSA) is 101 Å². The van der Waals surface area contributed by atoms with Crippen LogP contribution >= 0.6 is 0 Å². The molecule has 0 fully saturated rings. The van der Waals surface area contributed by atoms with Gasteiger partial charge in [0.25, 0.3) is 0 Å². The molecule has 1 heterocycles. The van der Waals surface area contributed by atoms with Gasteiger partial charge in [-0.15, -0.1) is 0 Å². The van der Waals surface area contributed by atoms with Gasteiger partial charge in [0.1, 0.15) is 17.5 Å². The fraction of sp³-hybridized carbons (Fsp3) is 0.250. The maximum Gasteiger partial charge on any atom is 0.249 e. The van der Waals surface area contributed by atoms with E-state index in [4.69, 9.17) is 9.47 Å². The normalized spacial score (nSPS) is 15.9. The van der Waals surface area contributed by atoms with Gasteiger partial charge in [0.15, 0.2) is 0 Å². The van der Waals surface area contributed by atoms with Crippen LogP contribution in [0.2, 0.25) is 0 Å². The molecule has 0 saturated carbocycles. The molecule has 3 rings (SSSR count). The standard InChI is InChI=1S/C20H22N4O4/c1-3-28-16-10-6-14(7-11-16)22-20-23-17(12-18(25)24-20)19(26)21-13-4-8-15(27-2)9-5-13/h4-11,17H,3,12H2,1-2H3,(H,21,26)(H2,22,23,24,25)/t17-/m0/s1. The van der Waals surface area contributed by atoms with Crippen molar-refractivity contribution < 1.29 is 19.1 Å². The van der Waals surface area contributed by atoms with Crippen LogP contribution in [0.25, 0.3) is 0 Å². The van der Waals surface area contributed by atoms with Crippen molar-refractivity contribution in [2.45, 2.75) is 19.4 Å². The van der Waals surface area contributed by atoms with E-state index >= 15 is 0 Å². The highest BCUT2D eigenvalue weighted by Gasteiger charge is 2.27. The molecule has 3 N–H and O–H groups in total. The lowest BCUT2D eigenvalue weighted by atomic mass is 10.1. The first kappa shape index (κ1) is 19.2. The van der Waals surface area contributed by atoms with Gasteiger partial charge in [0.05, 0.1) is 20.1 Å². The molecule has 0 spiro atoms. The molecule has 0 saturated heterocycles. The minimum absolute atomic E-state index is 0.0174. The van der Waals surface area contributed by atoms with Crippen LogP contribution in [-0.2, 0) is 9.59 Å². The van der Waals surface area contributed by atoms with Crippen LogP contribution in [0.3, 0.4) is 0 Å². The zero-order valence-corrected chi connectivity index (χ0v) is 15.7. The molecule has 0 radical (unpaired) electrons. The Kier molecular flexibility index (Phi) is 6.11. The summed E-state index contributed by atoms with van der Waals surface area (Å²) in [5, 5.41) is 8.41. The summed E-state index contributed by atoms with van der Waals surface area (Å²) in [6.07, 6.45) is -0.0174. The number of carbonyl (C=O) groups excluding carboxylic acids is 2. The molecule has 2 aromatic rings. The number of anilines is 2. The largest absolute Gasteiger partial charge is 0.497 e. The summed E-state index contributed by atoms with van der Waals surface area (Å²) in [6.45, 7) is 2.50.